The quantitative estimate of drug-likeness (QED) is 0.450. The van der Waals surface area contributed by atoms with Crippen molar-refractivity contribution in [1.29, 1.82) is 0 Å². The molecule has 1 rings (SSSR count). The Morgan fingerprint density at radius 2 is 1.84 bits per heavy atom. The minimum atomic E-state index is -1.20. The molecule has 0 saturated carbocycles. The number of benzene rings is 1. The van der Waals surface area contributed by atoms with Gasteiger partial charge in [-0.2, -0.15) is 0 Å². The topological polar surface area (TPSA) is 83.8 Å². The van der Waals surface area contributed by atoms with Crippen molar-refractivity contribution >= 4 is 11.9 Å². The summed E-state index contributed by atoms with van der Waals surface area (Å²) in [6.45, 7) is 2.03. The number of aromatic carboxylic acids is 1. The Bertz CT molecular complexity index is 441. The molecule has 1 aromatic carbocycles. The molecule has 104 valence electrons. The van der Waals surface area contributed by atoms with Crippen molar-refractivity contribution in [2.24, 2.45) is 0 Å². The first-order chi connectivity index (χ1) is 9.06. The van der Waals surface area contributed by atoms with Crippen molar-refractivity contribution < 1.29 is 24.5 Å². The summed E-state index contributed by atoms with van der Waals surface area (Å²) in [5, 5.41) is 18.5. The minimum Gasteiger partial charge on any atom is -0.478 e. The Balaban J connectivity index is 2.65. The number of rotatable bonds is 7. The number of carbonyl (C=O) groups excluding carboxylic acids is 1. The lowest BCUT2D eigenvalue weighted by molar-refractivity contribution is -0.0694. The zero-order valence-corrected chi connectivity index (χ0v) is 10.8. The van der Waals surface area contributed by atoms with E-state index in [1.807, 2.05) is 6.92 Å². The average Bonchev–Trinajstić information content (AvgIpc) is 2.39. The van der Waals surface area contributed by atoms with Crippen LogP contribution >= 0.6 is 0 Å². The Morgan fingerprint density at radius 3 is 2.42 bits per heavy atom. The molecule has 0 radical (unpaired) electrons. The molecule has 1 atom stereocenters. The van der Waals surface area contributed by atoms with Gasteiger partial charge in [0.2, 0.25) is 6.29 Å². The van der Waals surface area contributed by atoms with Crippen LogP contribution in [0.2, 0.25) is 0 Å². The molecule has 5 heteroatoms. The molecule has 5 nitrogen and oxygen atoms in total. The van der Waals surface area contributed by atoms with Gasteiger partial charge in [-0.1, -0.05) is 31.9 Å². The largest absolute Gasteiger partial charge is 0.478 e. The van der Waals surface area contributed by atoms with E-state index in [4.69, 9.17) is 9.84 Å². The lowest BCUT2D eigenvalue weighted by Gasteiger charge is -2.12. The molecule has 0 bridgehead atoms. The number of carboxylic acid groups (broad SMARTS) is 1. The van der Waals surface area contributed by atoms with Gasteiger partial charge in [0.1, 0.15) is 0 Å². The third kappa shape index (κ3) is 4.71. The molecule has 0 amide bonds. The summed E-state index contributed by atoms with van der Waals surface area (Å²) in [6, 6.07) is 5.76. The molecule has 1 aromatic rings. The molecular weight excluding hydrogens is 248 g/mol. The van der Waals surface area contributed by atoms with Crippen molar-refractivity contribution in [2.45, 2.75) is 38.9 Å². The third-order valence-corrected chi connectivity index (χ3v) is 2.68. The van der Waals surface area contributed by atoms with Gasteiger partial charge in [0.05, 0.1) is 11.1 Å². The van der Waals surface area contributed by atoms with Gasteiger partial charge >= 0.3 is 11.9 Å². The lowest BCUT2D eigenvalue weighted by Crippen LogP contribution is -2.19. The molecule has 19 heavy (non-hydrogen) atoms. The van der Waals surface area contributed by atoms with Gasteiger partial charge in [0, 0.05) is 6.42 Å². The monoisotopic (exact) mass is 266 g/mol. The van der Waals surface area contributed by atoms with E-state index >= 15 is 0 Å². The van der Waals surface area contributed by atoms with Crippen LogP contribution in [0.4, 0.5) is 0 Å². The zero-order chi connectivity index (χ0) is 14.3. The van der Waals surface area contributed by atoms with Gasteiger partial charge in [0.15, 0.2) is 0 Å². The second kappa shape index (κ2) is 7.53. The summed E-state index contributed by atoms with van der Waals surface area (Å²) in [6.07, 6.45) is 1.87. The summed E-state index contributed by atoms with van der Waals surface area (Å²) in [5.41, 5.74) is -0.183. The van der Waals surface area contributed by atoms with Crippen molar-refractivity contribution in [3.63, 3.8) is 0 Å². The molecule has 1 unspecified atom stereocenters. The standard InChI is InChI=1S/C14H18O5/c1-2-3-4-9-12(15)19-14(18)11-8-6-5-7-10(11)13(16)17/h5-8,12,15H,2-4,9H2,1H3,(H,16,17). The number of esters is 1. The summed E-state index contributed by atoms with van der Waals surface area (Å²) in [4.78, 5) is 22.7. The van der Waals surface area contributed by atoms with E-state index < -0.39 is 18.2 Å². The lowest BCUT2D eigenvalue weighted by atomic mass is 10.1. The maximum atomic E-state index is 11.8. The third-order valence-electron chi connectivity index (χ3n) is 2.68. The Labute approximate surface area is 111 Å². The van der Waals surface area contributed by atoms with Gasteiger partial charge in [0.25, 0.3) is 0 Å². The highest BCUT2D eigenvalue weighted by molar-refractivity contribution is 6.02. The Kier molecular flexibility index (Phi) is 6.02. The normalized spacial score (nSPS) is 11.9. The van der Waals surface area contributed by atoms with Gasteiger partial charge in [-0.15, -0.1) is 0 Å². The number of carbonyl (C=O) groups is 2. The molecular formula is C14H18O5. The van der Waals surface area contributed by atoms with Crippen LogP contribution in [0.25, 0.3) is 0 Å². The van der Waals surface area contributed by atoms with Crippen LogP contribution in [0.1, 0.15) is 53.3 Å². The molecule has 0 aromatic heterocycles. The fourth-order valence-electron chi connectivity index (χ4n) is 1.66. The highest BCUT2D eigenvalue weighted by Gasteiger charge is 2.19. The Morgan fingerprint density at radius 1 is 1.21 bits per heavy atom. The summed E-state index contributed by atoms with van der Waals surface area (Å²) < 4.78 is 4.83. The van der Waals surface area contributed by atoms with Crippen LogP contribution in [-0.4, -0.2) is 28.4 Å². The zero-order valence-electron chi connectivity index (χ0n) is 10.8. The molecule has 0 saturated heterocycles. The van der Waals surface area contributed by atoms with E-state index in [-0.39, 0.29) is 11.1 Å². The van der Waals surface area contributed by atoms with E-state index in [1.165, 1.54) is 18.2 Å². The molecule has 0 aliphatic carbocycles. The molecule has 0 aliphatic heterocycles. The predicted molar refractivity (Wildman–Crippen MR) is 69.0 cm³/mol. The molecule has 0 heterocycles. The summed E-state index contributed by atoms with van der Waals surface area (Å²) >= 11 is 0. The van der Waals surface area contributed by atoms with Crippen LogP contribution in [-0.2, 0) is 4.74 Å². The number of ether oxygens (including phenoxy) is 1. The Hall–Kier alpha value is -1.88. The fraction of sp³-hybridized carbons (Fsp3) is 0.429. The van der Waals surface area contributed by atoms with Crippen LogP contribution in [0.3, 0.4) is 0 Å². The first kappa shape index (κ1) is 15.2. The van der Waals surface area contributed by atoms with Crippen LogP contribution < -0.4 is 0 Å². The number of unbranched alkanes of at least 4 members (excludes halogenated alkanes) is 2. The summed E-state index contributed by atoms with van der Waals surface area (Å²) in [7, 11) is 0. The second-order valence-electron chi connectivity index (χ2n) is 4.21. The number of carboxylic acids is 1. The van der Waals surface area contributed by atoms with Gasteiger partial charge in [-0.05, 0) is 18.6 Å². The van der Waals surface area contributed by atoms with Crippen LogP contribution in [0, 0.1) is 0 Å². The van der Waals surface area contributed by atoms with Crippen molar-refractivity contribution in [2.75, 3.05) is 0 Å². The second-order valence-corrected chi connectivity index (χ2v) is 4.21. The number of aliphatic hydroxyl groups is 1. The maximum absolute atomic E-state index is 11.8. The van der Waals surface area contributed by atoms with Crippen LogP contribution in [0.5, 0.6) is 0 Å². The van der Waals surface area contributed by atoms with E-state index in [9.17, 15) is 14.7 Å². The number of hydrogen-bond donors (Lipinski definition) is 2. The van der Waals surface area contributed by atoms with Crippen molar-refractivity contribution in [1.82, 2.24) is 0 Å². The maximum Gasteiger partial charge on any atom is 0.341 e. The summed E-state index contributed by atoms with van der Waals surface area (Å²) in [5.74, 6) is -2.02. The first-order valence-corrected chi connectivity index (χ1v) is 6.27. The smallest absolute Gasteiger partial charge is 0.341 e. The minimum absolute atomic E-state index is 0.0514. The van der Waals surface area contributed by atoms with Crippen molar-refractivity contribution in [3.05, 3.63) is 35.4 Å². The number of hydrogen-bond acceptors (Lipinski definition) is 4. The van der Waals surface area contributed by atoms with E-state index in [1.54, 1.807) is 6.07 Å². The van der Waals surface area contributed by atoms with Gasteiger partial charge in [-0.3, -0.25) is 0 Å². The first-order valence-electron chi connectivity index (χ1n) is 6.27. The molecule has 0 spiro atoms. The fourth-order valence-corrected chi connectivity index (χ4v) is 1.66. The average molecular weight is 266 g/mol. The van der Waals surface area contributed by atoms with Gasteiger partial charge < -0.3 is 14.9 Å². The van der Waals surface area contributed by atoms with Gasteiger partial charge in [-0.25, -0.2) is 9.59 Å². The molecule has 0 fully saturated rings. The van der Waals surface area contributed by atoms with Crippen molar-refractivity contribution in [3.8, 4) is 0 Å². The predicted octanol–water partition coefficient (Wildman–Crippen LogP) is 2.44. The highest BCUT2D eigenvalue weighted by atomic mass is 16.6. The molecule has 2 N–H and O–H groups in total. The SMILES string of the molecule is CCCCCC(O)OC(=O)c1ccccc1C(=O)O. The van der Waals surface area contributed by atoms with E-state index in [2.05, 4.69) is 0 Å². The highest BCUT2D eigenvalue weighted by Crippen LogP contribution is 2.13. The number of aliphatic hydroxyl groups excluding tert-OH is 1. The molecule has 0 aliphatic rings. The van der Waals surface area contributed by atoms with E-state index in [0.29, 0.717) is 6.42 Å². The van der Waals surface area contributed by atoms with E-state index in [0.717, 1.165) is 19.3 Å². The van der Waals surface area contributed by atoms with Crippen LogP contribution in [0.15, 0.2) is 24.3 Å².